The van der Waals surface area contributed by atoms with Crippen LogP contribution in [0.5, 0.6) is 0 Å². The van der Waals surface area contributed by atoms with Crippen LogP contribution in [-0.4, -0.2) is 19.8 Å². The SMILES string of the molecule is CCCOCCOP(F)F. The lowest BCUT2D eigenvalue weighted by Crippen LogP contribution is -2.00. The van der Waals surface area contributed by atoms with Crippen LogP contribution in [0.4, 0.5) is 8.39 Å². The minimum Gasteiger partial charge on any atom is -0.379 e. The summed E-state index contributed by atoms with van der Waals surface area (Å²) in [7, 11) is -3.20. The lowest BCUT2D eigenvalue weighted by atomic mass is 10.5. The maximum absolute atomic E-state index is 11.3. The van der Waals surface area contributed by atoms with E-state index in [9.17, 15) is 8.39 Å². The van der Waals surface area contributed by atoms with Gasteiger partial charge in [0.25, 0.3) is 0 Å². The Morgan fingerprint density at radius 1 is 1.20 bits per heavy atom. The lowest BCUT2D eigenvalue weighted by Gasteiger charge is -2.01. The summed E-state index contributed by atoms with van der Waals surface area (Å²) in [4.78, 5) is 0. The highest BCUT2D eigenvalue weighted by Gasteiger charge is 2.02. The van der Waals surface area contributed by atoms with Gasteiger partial charge in [0.05, 0.1) is 13.2 Å². The molecule has 0 bridgehead atoms. The van der Waals surface area contributed by atoms with Crippen molar-refractivity contribution in [3.05, 3.63) is 0 Å². The Labute approximate surface area is 60.6 Å². The molecule has 0 aliphatic rings. The average molecular weight is 172 g/mol. The summed E-state index contributed by atoms with van der Waals surface area (Å²) in [5.41, 5.74) is 0. The van der Waals surface area contributed by atoms with Gasteiger partial charge in [-0.2, -0.15) is 8.39 Å². The molecule has 0 spiro atoms. The van der Waals surface area contributed by atoms with E-state index in [1.165, 1.54) is 0 Å². The maximum Gasteiger partial charge on any atom is 0.415 e. The fourth-order valence-corrected chi connectivity index (χ4v) is 0.624. The zero-order valence-corrected chi connectivity index (χ0v) is 6.74. The summed E-state index contributed by atoms with van der Waals surface area (Å²) < 4.78 is 31.5. The molecule has 0 radical (unpaired) electrons. The second-order valence-electron chi connectivity index (χ2n) is 1.65. The fraction of sp³-hybridized carbons (Fsp3) is 1.00. The number of hydrogen-bond donors (Lipinski definition) is 0. The highest BCUT2D eigenvalue weighted by molar-refractivity contribution is 7.40. The van der Waals surface area contributed by atoms with E-state index < -0.39 is 8.77 Å². The van der Waals surface area contributed by atoms with E-state index in [0.717, 1.165) is 6.42 Å². The summed E-state index contributed by atoms with van der Waals surface area (Å²) in [5.74, 6) is 0. The molecule has 5 heteroatoms. The fourth-order valence-electron chi connectivity index (χ4n) is 0.412. The van der Waals surface area contributed by atoms with E-state index in [4.69, 9.17) is 4.74 Å². The second-order valence-corrected chi connectivity index (χ2v) is 2.31. The van der Waals surface area contributed by atoms with Crippen LogP contribution in [0.2, 0.25) is 0 Å². The van der Waals surface area contributed by atoms with Crippen molar-refractivity contribution in [1.82, 2.24) is 0 Å². The van der Waals surface area contributed by atoms with Crippen LogP contribution in [0.3, 0.4) is 0 Å². The number of ether oxygens (including phenoxy) is 1. The van der Waals surface area contributed by atoms with E-state index in [2.05, 4.69) is 4.52 Å². The van der Waals surface area contributed by atoms with Crippen molar-refractivity contribution in [2.75, 3.05) is 19.8 Å². The summed E-state index contributed by atoms with van der Waals surface area (Å²) in [5, 5.41) is 0. The molecule has 0 aliphatic heterocycles. The molecule has 0 rings (SSSR count). The van der Waals surface area contributed by atoms with Gasteiger partial charge in [-0.25, -0.2) is 0 Å². The van der Waals surface area contributed by atoms with Gasteiger partial charge in [0.1, 0.15) is 0 Å². The zero-order chi connectivity index (χ0) is 7.82. The van der Waals surface area contributed by atoms with Crippen LogP contribution >= 0.6 is 8.77 Å². The Balaban J connectivity index is 2.77. The van der Waals surface area contributed by atoms with Gasteiger partial charge in [0.2, 0.25) is 0 Å². The van der Waals surface area contributed by atoms with E-state index in [-0.39, 0.29) is 13.2 Å². The largest absolute Gasteiger partial charge is 0.415 e. The Hall–Kier alpha value is 0.210. The van der Waals surface area contributed by atoms with Crippen LogP contribution < -0.4 is 0 Å². The standard InChI is InChI=1S/C5H11F2O2P/c1-2-3-8-4-5-9-10(6)7/h2-5H2,1H3. The van der Waals surface area contributed by atoms with E-state index in [0.29, 0.717) is 6.61 Å². The number of halogens is 2. The highest BCUT2D eigenvalue weighted by atomic mass is 31.2. The van der Waals surface area contributed by atoms with Crippen molar-refractivity contribution in [3.63, 3.8) is 0 Å². The first-order valence-electron chi connectivity index (χ1n) is 3.09. The van der Waals surface area contributed by atoms with Gasteiger partial charge >= 0.3 is 8.77 Å². The van der Waals surface area contributed by atoms with Crippen molar-refractivity contribution in [2.45, 2.75) is 13.3 Å². The molecule has 62 valence electrons. The first-order chi connectivity index (χ1) is 4.77. The molecule has 0 saturated heterocycles. The minimum atomic E-state index is -3.20. The van der Waals surface area contributed by atoms with Crippen molar-refractivity contribution >= 4 is 8.77 Å². The van der Waals surface area contributed by atoms with Crippen molar-refractivity contribution in [3.8, 4) is 0 Å². The zero-order valence-electron chi connectivity index (χ0n) is 5.85. The summed E-state index contributed by atoms with van der Waals surface area (Å²) in [6.07, 6.45) is 0.903. The van der Waals surface area contributed by atoms with Gasteiger partial charge in [-0.1, -0.05) is 6.92 Å². The molecule has 0 unspecified atom stereocenters. The number of hydrogen-bond acceptors (Lipinski definition) is 2. The molecule has 0 saturated carbocycles. The molecule has 0 atom stereocenters. The predicted molar refractivity (Wildman–Crippen MR) is 36.2 cm³/mol. The van der Waals surface area contributed by atoms with E-state index in [1.54, 1.807) is 0 Å². The third-order valence-corrected chi connectivity index (χ3v) is 1.14. The van der Waals surface area contributed by atoms with Gasteiger partial charge in [-0.15, -0.1) is 0 Å². The minimum absolute atomic E-state index is 0.00129. The van der Waals surface area contributed by atoms with Crippen LogP contribution in [0.1, 0.15) is 13.3 Å². The monoisotopic (exact) mass is 172 g/mol. The van der Waals surface area contributed by atoms with Gasteiger partial charge in [-0.05, 0) is 6.42 Å². The Kier molecular flexibility index (Phi) is 7.47. The van der Waals surface area contributed by atoms with Crippen molar-refractivity contribution < 1.29 is 17.7 Å². The molecule has 0 aliphatic carbocycles. The Morgan fingerprint density at radius 3 is 2.40 bits per heavy atom. The third kappa shape index (κ3) is 8.21. The maximum atomic E-state index is 11.3. The molecule has 2 nitrogen and oxygen atoms in total. The lowest BCUT2D eigenvalue weighted by molar-refractivity contribution is 0.100. The smallest absolute Gasteiger partial charge is 0.379 e. The Morgan fingerprint density at radius 2 is 1.90 bits per heavy atom. The van der Waals surface area contributed by atoms with Crippen LogP contribution in [0.15, 0.2) is 0 Å². The van der Waals surface area contributed by atoms with Gasteiger partial charge < -0.3 is 9.26 Å². The normalized spacial score (nSPS) is 10.8. The van der Waals surface area contributed by atoms with Crippen LogP contribution in [-0.2, 0) is 9.26 Å². The van der Waals surface area contributed by atoms with Crippen LogP contribution in [0, 0.1) is 0 Å². The second kappa shape index (κ2) is 7.32. The van der Waals surface area contributed by atoms with Gasteiger partial charge in [0.15, 0.2) is 0 Å². The summed E-state index contributed by atoms with van der Waals surface area (Å²) >= 11 is 0. The molecule has 0 amide bonds. The number of rotatable bonds is 6. The molecule has 0 aromatic carbocycles. The molecular formula is C5H11F2O2P. The summed E-state index contributed by atoms with van der Waals surface area (Å²) in [6, 6.07) is 0. The average Bonchev–Trinajstić information content (AvgIpc) is 1.87. The van der Waals surface area contributed by atoms with Gasteiger partial charge in [-0.3, -0.25) is 0 Å². The van der Waals surface area contributed by atoms with Gasteiger partial charge in [0, 0.05) is 6.61 Å². The molecular weight excluding hydrogens is 161 g/mol. The van der Waals surface area contributed by atoms with E-state index >= 15 is 0 Å². The summed E-state index contributed by atoms with van der Waals surface area (Å²) in [6.45, 7) is 2.83. The molecule has 0 aromatic rings. The topological polar surface area (TPSA) is 18.5 Å². The predicted octanol–water partition coefficient (Wildman–Crippen LogP) is 2.60. The molecule has 0 fully saturated rings. The highest BCUT2D eigenvalue weighted by Crippen LogP contribution is 2.39. The Bertz CT molecular complexity index is 72.7. The quantitative estimate of drug-likeness (QED) is 0.452. The van der Waals surface area contributed by atoms with Crippen molar-refractivity contribution in [1.29, 1.82) is 0 Å². The van der Waals surface area contributed by atoms with Crippen LogP contribution in [0.25, 0.3) is 0 Å². The molecule has 0 aromatic heterocycles. The molecule has 0 N–H and O–H groups in total. The molecule has 0 heterocycles. The first kappa shape index (κ1) is 10.2. The molecule has 10 heavy (non-hydrogen) atoms. The third-order valence-electron chi connectivity index (χ3n) is 0.765. The van der Waals surface area contributed by atoms with E-state index in [1.807, 2.05) is 6.92 Å². The van der Waals surface area contributed by atoms with Crippen molar-refractivity contribution in [2.24, 2.45) is 0 Å². The first-order valence-corrected chi connectivity index (χ1v) is 4.14.